The van der Waals surface area contributed by atoms with Crippen LogP contribution in [0.2, 0.25) is 0 Å². The number of aromatic nitrogens is 2. The average molecular weight is 429 g/mol. The predicted octanol–water partition coefficient (Wildman–Crippen LogP) is 3.49. The van der Waals surface area contributed by atoms with Crippen LogP contribution >= 0.6 is 0 Å². The molecule has 1 fully saturated rings. The number of aryl methyl sites for hydroxylation is 1. The number of methoxy groups -OCH3 is 1. The highest BCUT2D eigenvalue weighted by molar-refractivity contribution is 7.89. The molecule has 158 valence electrons. The van der Waals surface area contributed by atoms with Crippen LogP contribution in [-0.4, -0.2) is 36.5 Å². The van der Waals surface area contributed by atoms with Crippen molar-refractivity contribution in [1.82, 2.24) is 14.4 Å². The van der Waals surface area contributed by atoms with Gasteiger partial charge in [0.1, 0.15) is 11.5 Å². The third-order valence-electron chi connectivity index (χ3n) is 5.03. The van der Waals surface area contributed by atoms with Crippen LogP contribution in [0.5, 0.6) is 11.5 Å². The topological polar surface area (TPSA) is 94.8 Å². The molecule has 4 rings (SSSR count). The maximum Gasteiger partial charge on any atom is 0.264 e. The second kappa shape index (κ2) is 8.45. The summed E-state index contributed by atoms with van der Waals surface area (Å²) in [4.78, 5) is 4.59. The summed E-state index contributed by atoms with van der Waals surface area (Å²) in [6, 6.07) is 13.5. The number of hydrogen-bond acceptors (Lipinski definition) is 7. The Hall–Kier alpha value is -2.91. The first-order valence-corrected chi connectivity index (χ1v) is 11.1. The van der Waals surface area contributed by atoms with Gasteiger partial charge in [0.25, 0.3) is 5.89 Å². The van der Waals surface area contributed by atoms with E-state index in [4.69, 9.17) is 14.0 Å². The molecule has 8 nitrogen and oxygen atoms in total. The van der Waals surface area contributed by atoms with Gasteiger partial charge in [0.05, 0.1) is 18.0 Å². The third-order valence-corrected chi connectivity index (χ3v) is 6.96. The zero-order valence-corrected chi connectivity index (χ0v) is 17.6. The van der Waals surface area contributed by atoms with E-state index in [9.17, 15) is 8.42 Å². The molecule has 1 aliphatic heterocycles. The van der Waals surface area contributed by atoms with Gasteiger partial charge in [-0.2, -0.15) is 9.29 Å². The molecular weight excluding hydrogens is 406 g/mol. The van der Waals surface area contributed by atoms with Gasteiger partial charge in [0.15, 0.2) is 12.4 Å². The van der Waals surface area contributed by atoms with Crippen molar-refractivity contribution in [3.63, 3.8) is 0 Å². The van der Waals surface area contributed by atoms with E-state index in [0.29, 0.717) is 36.2 Å². The van der Waals surface area contributed by atoms with Crippen LogP contribution in [0.25, 0.3) is 0 Å². The Morgan fingerprint density at radius 3 is 2.50 bits per heavy atom. The minimum atomic E-state index is -3.69. The number of hydrogen-bond donors (Lipinski definition) is 0. The van der Waals surface area contributed by atoms with Gasteiger partial charge in [0, 0.05) is 6.54 Å². The second-order valence-electron chi connectivity index (χ2n) is 7.10. The van der Waals surface area contributed by atoms with Crippen LogP contribution in [0.15, 0.2) is 57.9 Å². The molecule has 0 unspecified atom stereocenters. The molecule has 1 aliphatic rings. The molecule has 1 atom stereocenters. The van der Waals surface area contributed by atoms with E-state index in [-0.39, 0.29) is 11.5 Å². The van der Waals surface area contributed by atoms with E-state index in [1.54, 1.807) is 24.3 Å². The van der Waals surface area contributed by atoms with E-state index in [1.807, 2.05) is 31.2 Å². The van der Waals surface area contributed by atoms with E-state index < -0.39 is 16.1 Å². The largest absolute Gasteiger partial charge is 0.497 e. The zero-order valence-electron chi connectivity index (χ0n) is 16.8. The second-order valence-corrected chi connectivity index (χ2v) is 8.99. The lowest BCUT2D eigenvalue weighted by Crippen LogP contribution is -2.31. The van der Waals surface area contributed by atoms with E-state index in [2.05, 4.69) is 10.1 Å². The van der Waals surface area contributed by atoms with Crippen molar-refractivity contribution in [1.29, 1.82) is 0 Å². The number of rotatable bonds is 7. The highest BCUT2D eigenvalue weighted by Crippen LogP contribution is 2.35. The standard InChI is InChI=1S/C21H23N3O5S/c1-15-5-7-17(8-6-15)28-14-20-22-21(23-29-20)19-4-3-13-24(19)30(25,26)18-11-9-16(27-2)10-12-18/h5-12,19H,3-4,13-14H2,1-2H3/t19-/m0/s1. The first-order valence-electron chi connectivity index (χ1n) is 9.65. The highest BCUT2D eigenvalue weighted by Gasteiger charge is 2.38. The molecule has 0 radical (unpaired) electrons. The van der Waals surface area contributed by atoms with Gasteiger partial charge in [-0.1, -0.05) is 22.9 Å². The Balaban J connectivity index is 1.48. The fourth-order valence-corrected chi connectivity index (χ4v) is 5.07. The van der Waals surface area contributed by atoms with Crippen LogP contribution in [-0.2, 0) is 16.6 Å². The van der Waals surface area contributed by atoms with E-state index in [1.165, 1.54) is 11.4 Å². The Morgan fingerprint density at radius 2 is 1.80 bits per heavy atom. The normalized spacial score (nSPS) is 17.2. The number of nitrogens with zero attached hydrogens (tertiary/aromatic N) is 3. The van der Waals surface area contributed by atoms with Crippen LogP contribution in [0, 0.1) is 6.92 Å². The molecule has 30 heavy (non-hydrogen) atoms. The SMILES string of the molecule is COc1ccc(S(=O)(=O)N2CCC[C@H]2c2noc(COc3ccc(C)cc3)n2)cc1. The molecule has 0 bridgehead atoms. The Kier molecular flexibility index (Phi) is 5.74. The van der Waals surface area contributed by atoms with Gasteiger partial charge in [-0.3, -0.25) is 0 Å². The summed E-state index contributed by atoms with van der Waals surface area (Å²) in [5, 5.41) is 4.02. The summed E-state index contributed by atoms with van der Waals surface area (Å²) in [5.41, 5.74) is 1.14. The van der Waals surface area contributed by atoms with Crippen molar-refractivity contribution in [3.05, 3.63) is 65.8 Å². The van der Waals surface area contributed by atoms with Crippen molar-refractivity contribution in [2.24, 2.45) is 0 Å². The minimum Gasteiger partial charge on any atom is -0.497 e. The maximum absolute atomic E-state index is 13.1. The maximum atomic E-state index is 13.1. The van der Waals surface area contributed by atoms with Crippen molar-refractivity contribution < 1.29 is 22.4 Å². The molecule has 2 aromatic carbocycles. The Labute approximate surface area is 175 Å². The molecular formula is C21H23N3O5S. The Morgan fingerprint density at radius 1 is 1.10 bits per heavy atom. The fraction of sp³-hybridized carbons (Fsp3) is 0.333. The third kappa shape index (κ3) is 4.17. The van der Waals surface area contributed by atoms with Gasteiger partial charge in [-0.05, 0) is 56.2 Å². The molecule has 1 aromatic heterocycles. The van der Waals surface area contributed by atoms with Crippen LogP contribution < -0.4 is 9.47 Å². The van der Waals surface area contributed by atoms with Gasteiger partial charge in [0.2, 0.25) is 10.0 Å². The smallest absolute Gasteiger partial charge is 0.264 e. The van der Waals surface area contributed by atoms with Gasteiger partial charge in [-0.15, -0.1) is 0 Å². The molecule has 0 aliphatic carbocycles. The first kappa shape index (κ1) is 20.4. The van der Waals surface area contributed by atoms with Crippen LogP contribution in [0.3, 0.4) is 0 Å². The quantitative estimate of drug-likeness (QED) is 0.567. The number of benzene rings is 2. The monoisotopic (exact) mass is 429 g/mol. The fourth-order valence-electron chi connectivity index (χ4n) is 3.41. The number of sulfonamides is 1. The summed E-state index contributed by atoms with van der Waals surface area (Å²) >= 11 is 0. The van der Waals surface area contributed by atoms with Crippen LogP contribution in [0.4, 0.5) is 0 Å². The van der Waals surface area contributed by atoms with Gasteiger partial charge < -0.3 is 14.0 Å². The lowest BCUT2D eigenvalue weighted by Gasteiger charge is -2.21. The molecule has 0 saturated carbocycles. The summed E-state index contributed by atoms with van der Waals surface area (Å²) in [6.45, 7) is 2.53. The Bertz CT molecular complexity index is 1090. The minimum absolute atomic E-state index is 0.119. The molecule has 2 heterocycles. The molecule has 0 spiro atoms. The zero-order chi connectivity index (χ0) is 21.1. The summed E-state index contributed by atoms with van der Waals surface area (Å²) in [5.74, 6) is 1.96. The van der Waals surface area contributed by atoms with Crippen LogP contribution in [0.1, 0.15) is 36.2 Å². The molecule has 0 N–H and O–H groups in total. The van der Waals surface area contributed by atoms with Gasteiger partial charge >= 0.3 is 0 Å². The molecule has 3 aromatic rings. The van der Waals surface area contributed by atoms with Crippen molar-refractivity contribution in [2.45, 2.75) is 37.3 Å². The van der Waals surface area contributed by atoms with Crippen molar-refractivity contribution >= 4 is 10.0 Å². The summed E-state index contributed by atoms with van der Waals surface area (Å²) in [6.07, 6.45) is 1.36. The first-order chi connectivity index (χ1) is 14.5. The summed E-state index contributed by atoms with van der Waals surface area (Å²) in [7, 11) is -2.15. The van der Waals surface area contributed by atoms with Crippen molar-refractivity contribution in [2.75, 3.05) is 13.7 Å². The van der Waals surface area contributed by atoms with E-state index >= 15 is 0 Å². The summed E-state index contributed by atoms with van der Waals surface area (Å²) < 4.78 is 43.8. The highest BCUT2D eigenvalue weighted by atomic mass is 32.2. The number of ether oxygens (including phenoxy) is 2. The average Bonchev–Trinajstić information content (AvgIpc) is 3.43. The van der Waals surface area contributed by atoms with Gasteiger partial charge in [-0.25, -0.2) is 8.42 Å². The predicted molar refractivity (Wildman–Crippen MR) is 109 cm³/mol. The molecule has 9 heteroatoms. The molecule has 1 saturated heterocycles. The lowest BCUT2D eigenvalue weighted by molar-refractivity contribution is 0.241. The van der Waals surface area contributed by atoms with E-state index in [0.717, 1.165) is 12.0 Å². The van der Waals surface area contributed by atoms with Crippen molar-refractivity contribution in [3.8, 4) is 11.5 Å². The lowest BCUT2D eigenvalue weighted by atomic mass is 10.2. The molecule has 0 amide bonds.